The number of nitrogens with zero attached hydrogens (tertiary/aromatic N) is 1. The summed E-state index contributed by atoms with van der Waals surface area (Å²) in [7, 11) is 0. The summed E-state index contributed by atoms with van der Waals surface area (Å²) in [6.07, 6.45) is 1.63. The molecule has 5 heteroatoms. The van der Waals surface area contributed by atoms with Crippen LogP contribution < -0.4 is 16.4 Å². The van der Waals surface area contributed by atoms with E-state index in [1.54, 1.807) is 18.3 Å². The van der Waals surface area contributed by atoms with Crippen molar-refractivity contribution in [2.45, 2.75) is 6.92 Å². The molecule has 0 saturated carbocycles. The maximum Gasteiger partial charge on any atom is 0.216 e. The molecular formula is C9H14N4O. The van der Waals surface area contributed by atoms with Crippen LogP contribution in [-0.2, 0) is 4.79 Å². The summed E-state index contributed by atoms with van der Waals surface area (Å²) in [5.41, 5.74) is 6.23. The van der Waals surface area contributed by atoms with E-state index >= 15 is 0 Å². The second kappa shape index (κ2) is 5.06. The zero-order chi connectivity index (χ0) is 10.4. The Bertz CT molecular complexity index is 313. The largest absolute Gasteiger partial charge is 0.399 e. The van der Waals surface area contributed by atoms with E-state index in [4.69, 9.17) is 5.73 Å². The first kappa shape index (κ1) is 10.3. The van der Waals surface area contributed by atoms with Gasteiger partial charge in [-0.1, -0.05) is 0 Å². The molecular weight excluding hydrogens is 180 g/mol. The highest BCUT2D eigenvalue weighted by atomic mass is 16.1. The molecule has 0 radical (unpaired) electrons. The van der Waals surface area contributed by atoms with Crippen LogP contribution in [-0.4, -0.2) is 24.0 Å². The number of nitrogens with two attached hydrogens (primary N) is 1. The van der Waals surface area contributed by atoms with Crippen LogP contribution >= 0.6 is 0 Å². The van der Waals surface area contributed by atoms with Gasteiger partial charge < -0.3 is 16.4 Å². The van der Waals surface area contributed by atoms with E-state index in [0.717, 1.165) is 5.82 Å². The van der Waals surface area contributed by atoms with E-state index in [-0.39, 0.29) is 5.91 Å². The Morgan fingerprint density at radius 3 is 3.00 bits per heavy atom. The van der Waals surface area contributed by atoms with E-state index in [2.05, 4.69) is 15.6 Å². The van der Waals surface area contributed by atoms with Crippen LogP contribution in [0.15, 0.2) is 18.3 Å². The molecule has 1 heterocycles. The molecule has 0 aromatic carbocycles. The fourth-order valence-electron chi connectivity index (χ4n) is 0.973. The molecule has 1 amide bonds. The number of rotatable bonds is 4. The van der Waals surface area contributed by atoms with Gasteiger partial charge >= 0.3 is 0 Å². The van der Waals surface area contributed by atoms with Crippen molar-refractivity contribution in [3.8, 4) is 0 Å². The molecule has 0 aliphatic rings. The molecule has 0 unspecified atom stereocenters. The highest BCUT2D eigenvalue weighted by Gasteiger charge is 1.94. The molecule has 5 nitrogen and oxygen atoms in total. The van der Waals surface area contributed by atoms with Crippen LogP contribution in [0.3, 0.4) is 0 Å². The van der Waals surface area contributed by atoms with Gasteiger partial charge in [0.1, 0.15) is 5.82 Å². The summed E-state index contributed by atoms with van der Waals surface area (Å²) in [6.45, 7) is 2.70. The highest BCUT2D eigenvalue weighted by Crippen LogP contribution is 2.06. The van der Waals surface area contributed by atoms with Gasteiger partial charge in [0.15, 0.2) is 0 Å². The molecule has 0 fully saturated rings. The Morgan fingerprint density at radius 1 is 1.57 bits per heavy atom. The summed E-state index contributed by atoms with van der Waals surface area (Å²) in [5.74, 6) is 0.683. The van der Waals surface area contributed by atoms with Crippen molar-refractivity contribution >= 4 is 17.4 Å². The van der Waals surface area contributed by atoms with Crippen molar-refractivity contribution in [3.63, 3.8) is 0 Å². The molecule has 1 aromatic heterocycles. The lowest BCUT2D eigenvalue weighted by Crippen LogP contribution is -2.26. The molecule has 0 aliphatic carbocycles. The number of hydrogen-bond acceptors (Lipinski definition) is 4. The summed E-state index contributed by atoms with van der Waals surface area (Å²) in [4.78, 5) is 14.6. The zero-order valence-corrected chi connectivity index (χ0v) is 8.08. The average Bonchev–Trinajstić information content (AvgIpc) is 2.12. The van der Waals surface area contributed by atoms with Crippen molar-refractivity contribution in [3.05, 3.63) is 18.3 Å². The Morgan fingerprint density at radius 2 is 2.36 bits per heavy atom. The Labute approximate surface area is 82.7 Å². The summed E-state index contributed by atoms with van der Waals surface area (Å²) < 4.78 is 0. The minimum Gasteiger partial charge on any atom is -0.399 e. The SMILES string of the molecule is CC(=O)NCCNc1cc(N)ccn1. The van der Waals surface area contributed by atoms with Gasteiger partial charge in [-0.25, -0.2) is 4.98 Å². The molecule has 0 atom stereocenters. The molecule has 0 aliphatic heterocycles. The smallest absolute Gasteiger partial charge is 0.216 e. The van der Waals surface area contributed by atoms with Crippen LogP contribution in [0, 0.1) is 0 Å². The van der Waals surface area contributed by atoms with Crippen molar-refractivity contribution in [1.29, 1.82) is 0 Å². The van der Waals surface area contributed by atoms with Gasteiger partial charge in [0.2, 0.25) is 5.91 Å². The normalized spacial score (nSPS) is 9.50. The van der Waals surface area contributed by atoms with Crippen LogP contribution in [0.5, 0.6) is 0 Å². The van der Waals surface area contributed by atoms with Gasteiger partial charge in [0.05, 0.1) is 0 Å². The number of nitrogens with one attached hydrogen (secondary N) is 2. The second-order valence-corrected chi connectivity index (χ2v) is 2.88. The number of carbonyl (C=O) groups excluding carboxylic acids is 1. The van der Waals surface area contributed by atoms with Crippen molar-refractivity contribution in [2.75, 3.05) is 24.1 Å². The number of aromatic nitrogens is 1. The monoisotopic (exact) mass is 194 g/mol. The van der Waals surface area contributed by atoms with Crippen LogP contribution in [0.25, 0.3) is 0 Å². The topological polar surface area (TPSA) is 80.0 Å². The number of anilines is 2. The third kappa shape index (κ3) is 3.75. The van der Waals surface area contributed by atoms with Gasteiger partial charge in [-0.2, -0.15) is 0 Å². The lowest BCUT2D eigenvalue weighted by molar-refractivity contribution is -0.118. The Kier molecular flexibility index (Phi) is 3.72. The molecule has 0 bridgehead atoms. The number of carbonyl (C=O) groups is 1. The Hall–Kier alpha value is -1.78. The highest BCUT2D eigenvalue weighted by molar-refractivity contribution is 5.72. The van der Waals surface area contributed by atoms with Gasteiger partial charge in [-0.3, -0.25) is 4.79 Å². The number of nitrogen functional groups attached to an aromatic ring is 1. The first-order valence-electron chi connectivity index (χ1n) is 4.38. The van der Waals surface area contributed by atoms with Crippen molar-refractivity contribution in [1.82, 2.24) is 10.3 Å². The average molecular weight is 194 g/mol. The van der Waals surface area contributed by atoms with E-state index in [1.807, 2.05) is 0 Å². The predicted molar refractivity (Wildman–Crippen MR) is 55.8 cm³/mol. The number of hydrogen-bond donors (Lipinski definition) is 3. The Balaban J connectivity index is 2.28. The lowest BCUT2D eigenvalue weighted by Gasteiger charge is -2.05. The maximum absolute atomic E-state index is 10.5. The van der Waals surface area contributed by atoms with Crippen LogP contribution in [0.1, 0.15) is 6.92 Å². The molecule has 1 aromatic rings. The van der Waals surface area contributed by atoms with Gasteiger partial charge in [-0.15, -0.1) is 0 Å². The fourth-order valence-corrected chi connectivity index (χ4v) is 0.973. The third-order valence-corrected chi connectivity index (χ3v) is 1.59. The minimum absolute atomic E-state index is 0.0349. The first-order chi connectivity index (χ1) is 6.68. The maximum atomic E-state index is 10.5. The van der Waals surface area contributed by atoms with Crippen LogP contribution in [0.2, 0.25) is 0 Å². The quantitative estimate of drug-likeness (QED) is 0.599. The fraction of sp³-hybridized carbons (Fsp3) is 0.333. The number of amides is 1. The van der Waals surface area contributed by atoms with Crippen molar-refractivity contribution in [2.24, 2.45) is 0 Å². The molecule has 0 spiro atoms. The van der Waals surface area contributed by atoms with Gasteiger partial charge in [-0.05, 0) is 6.07 Å². The predicted octanol–water partition coefficient (Wildman–Crippen LogP) is 0.212. The van der Waals surface area contributed by atoms with Crippen LogP contribution in [0.4, 0.5) is 11.5 Å². The molecule has 14 heavy (non-hydrogen) atoms. The summed E-state index contributed by atoms with van der Waals surface area (Å²) >= 11 is 0. The summed E-state index contributed by atoms with van der Waals surface area (Å²) in [6, 6.07) is 3.47. The van der Waals surface area contributed by atoms with E-state index in [0.29, 0.717) is 18.8 Å². The van der Waals surface area contributed by atoms with E-state index < -0.39 is 0 Å². The molecule has 1 rings (SSSR count). The molecule has 4 N–H and O–H groups in total. The number of pyridine rings is 1. The lowest BCUT2D eigenvalue weighted by atomic mass is 10.4. The molecule has 0 saturated heterocycles. The van der Waals surface area contributed by atoms with Gasteiger partial charge in [0.25, 0.3) is 0 Å². The minimum atomic E-state index is -0.0349. The zero-order valence-electron chi connectivity index (χ0n) is 8.08. The summed E-state index contributed by atoms with van der Waals surface area (Å²) in [5, 5.41) is 5.70. The second-order valence-electron chi connectivity index (χ2n) is 2.88. The van der Waals surface area contributed by atoms with E-state index in [1.165, 1.54) is 6.92 Å². The first-order valence-corrected chi connectivity index (χ1v) is 4.38. The van der Waals surface area contributed by atoms with Gasteiger partial charge in [0, 0.05) is 38.0 Å². The standard InChI is InChI=1S/C9H14N4O/c1-7(14)11-4-5-13-9-6-8(10)2-3-12-9/h2-3,6H,4-5H2,1H3,(H,11,14)(H3,10,12,13). The third-order valence-electron chi connectivity index (χ3n) is 1.59. The van der Waals surface area contributed by atoms with E-state index in [9.17, 15) is 4.79 Å². The van der Waals surface area contributed by atoms with Crippen molar-refractivity contribution < 1.29 is 4.79 Å². The molecule has 76 valence electrons.